The average molecular weight is 367 g/mol. The van der Waals surface area contributed by atoms with Crippen molar-refractivity contribution in [2.24, 2.45) is 0 Å². The van der Waals surface area contributed by atoms with Gasteiger partial charge in [0.1, 0.15) is 5.82 Å². The number of anilines is 1. The molecule has 0 saturated heterocycles. The molecule has 1 heterocycles. The van der Waals surface area contributed by atoms with Gasteiger partial charge in [0.2, 0.25) is 0 Å². The highest BCUT2D eigenvalue weighted by Gasteiger charge is 2.37. The molecule has 2 aromatic rings. The summed E-state index contributed by atoms with van der Waals surface area (Å²) in [5, 5.41) is 0. The van der Waals surface area contributed by atoms with Crippen molar-refractivity contribution < 1.29 is 14.0 Å². The number of nitrogens with zero attached hydrogens (tertiary/aromatic N) is 1. The number of amides is 2. The first-order valence-electron chi connectivity index (χ1n) is 5.52. The number of carbonyl (C=O) groups excluding carboxylic acids is 2. The molecule has 5 heteroatoms. The van der Waals surface area contributed by atoms with Crippen molar-refractivity contribution in [2.45, 2.75) is 0 Å². The molecule has 1 aliphatic heterocycles. The molecule has 19 heavy (non-hydrogen) atoms. The summed E-state index contributed by atoms with van der Waals surface area (Å²) in [5.74, 6) is -1.14. The summed E-state index contributed by atoms with van der Waals surface area (Å²) < 4.78 is 13.6. The van der Waals surface area contributed by atoms with Gasteiger partial charge in [-0.25, -0.2) is 9.29 Å². The lowest BCUT2D eigenvalue weighted by molar-refractivity contribution is 0.0926. The van der Waals surface area contributed by atoms with Crippen LogP contribution in [0.25, 0.3) is 0 Å². The van der Waals surface area contributed by atoms with Crippen molar-refractivity contribution in [1.29, 1.82) is 0 Å². The summed E-state index contributed by atoms with van der Waals surface area (Å²) in [6, 6.07) is 10.6. The first-order chi connectivity index (χ1) is 9.09. The van der Waals surface area contributed by atoms with Gasteiger partial charge in [0.05, 0.1) is 16.8 Å². The molecule has 2 amide bonds. The number of halogens is 2. The highest BCUT2D eigenvalue weighted by molar-refractivity contribution is 14.1. The van der Waals surface area contributed by atoms with E-state index in [1.54, 1.807) is 24.3 Å². The lowest BCUT2D eigenvalue weighted by Crippen LogP contribution is -2.30. The zero-order valence-electron chi connectivity index (χ0n) is 9.56. The molecule has 0 fully saturated rings. The van der Waals surface area contributed by atoms with Crippen LogP contribution in [-0.4, -0.2) is 11.8 Å². The zero-order valence-corrected chi connectivity index (χ0v) is 11.7. The minimum Gasteiger partial charge on any atom is -0.268 e. The maximum atomic E-state index is 13.1. The lowest BCUT2D eigenvalue weighted by atomic mass is 10.1. The van der Waals surface area contributed by atoms with Crippen molar-refractivity contribution in [1.82, 2.24) is 0 Å². The van der Waals surface area contributed by atoms with Crippen LogP contribution in [0.4, 0.5) is 10.1 Å². The summed E-state index contributed by atoms with van der Waals surface area (Å²) in [7, 11) is 0. The number of fused-ring (bicyclic) bond motifs is 1. The minimum absolute atomic E-state index is 0.370. The molecule has 0 aromatic heterocycles. The molecule has 0 spiro atoms. The summed E-state index contributed by atoms with van der Waals surface area (Å²) in [6.07, 6.45) is 0. The smallest absolute Gasteiger partial charge is 0.266 e. The second-order valence-electron chi connectivity index (χ2n) is 4.09. The van der Waals surface area contributed by atoms with Gasteiger partial charge in [0.15, 0.2) is 0 Å². The van der Waals surface area contributed by atoms with Gasteiger partial charge >= 0.3 is 0 Å². The maximum Gasteiger partial charge on any atom is 0.266 e. The first-order valence-corrected chi connectivity index (χ1v) is 6.60. The Hall–Kier alpha value is -1.76. The van der Waals surface area contributed by atoms with Gasteiger partial charge in [-0.15, -0.1) is 0 Å². The molecule has 0 aliphatic carbocycles. The average Bonchev–Trinajstić information content (AvgIpc) is 2.64. The monoisotopic (exact) mass is 367 g/mol. The topological polar surface area (TPSA) is 37.4 Å². The van der Waals surface area contributed by atoms with E-state index in [0.717, 1.165) is 4.90 Å². The fraction of sp³-hybridized carbons (Fsp3) is 0. The van der Waals surface area contributed by atoms with Crippen LogP contribution in [0.1, 0.15) is 20.7 Å². The van der Waals surface area contributed by atoms with Crippen LogP contribution in [-0.2, 0) is 0 Å². The van der Waals surface area contributed by atoms with E-state index >= 15 is 0 Å². The minimum atomic E-state index is -0.398. The highest BCUT2D eigenvalue weighted by Crippen LogP contribution is 2.31. The summed E-state index contributed by atoms with van der Waals surface area (Å²) >= 11 is 1.91. The van der Waals surface area contributed by atoms with E-state index < -0.39 is 5.82 Å². The summed E-state index contributed by atoms with van der Waals surface area (Å²) in [6.45, 7) is 0. The Morgan fingerprint density at radius 2 is 1.53 bits per heavy atom. The normalized spacial score (nSPS) is 13.9. The quantitative estimate of drug-likeness (QED) is 0.574. The highest BCUT2D eigenvalue weighted by atomic mass is 127. The summed E-state index contributed by atoms with van der Waals surface area (Å²) in [4.78, 5) is 25.6. The zero-order chi connectivity index (χ0) is 13.6. The first kappa shape index (κ1) is 12.3. The Balaban J connectivity index is 2.14. The van der Waals surface area contributed by atoms with Crippen LogP contribution >= 0.6 is 22.6 Å². The predicted molar refractivity (Wildman–Crippen MR) is 76.7 cm³/mol. The molecule has 1 aliphatic rings. The molecule has 94 valence electrons. The Bertz CT molecular complexity index is 679. The number of imide groups is 1. The van der Waals surface area contributed by atoms with E-state index in [0.29, 0.717) is 20.4 Å². The van der Waals surface area contributed by atoms with Crippen molar-refractivity contribution in [3.63, 3.8) is 0 Å². The molecule has 3 nitrogen and oxygen atoms in total. The second-order valence-corrected chi connectivity index (χ2v) is 5.25. The maximum absolute atomic E-state index is 13.1. The van der Waals surface area contributed by atoms with E-state index in [1.165, 1.54) is 18.2 Å². The van der Waals surface area contributed by atoms with Crippen molar-refractivity contribution in [3.8, 4) is 0 Å². The van der Waals surface area contributed by atoms with Crippen molar-refractivity contribution >= 4 is 40.1 Å². The largest absolute Gasteiger partial charge is 0.268 e. The van der Waals surface area contributed by atoms with E-state index in [4.69, 9.17) is 0 Å². The van der Waals surface area contributed by atoms with Crippen LogP contribution < -0.4 is 4.90 Å². The van der Waals surface area contributed by atoms with Gasteiger partial charge in [0, 0.05) is 3.57 Å². The van der Waals surface area contributed by atoms with Crippen molar-refractivity contribution in [3.05, 3.63) is 63.0 Å². The van der Waals surface area contributed by atoms with Gasteiger partial charge in [-0.1, -0.05) is 12.1 Å². The van der Waals surface area contributed by atoms with Crippen LogP contribution in [0.3, 0.4) is 0 Å². The molecular weight excluding hydrogens is 360 g/mol. The Morgan fingerprint density at radius 1 is 0.947 bits per heavy atom. The molecule has 0 bridgehead atoms. The lowest BCUT2D eigenvalue weighted by Gasteiger charge is -2.15. The fourth-order valence-electron chi connectivity index (χ4n) is 2.07. The SMILES string of the molecule is O=C1c2ccccc2C(=O)N1c1ccc(F)cc1I. The van der Waals surface area contributed by atoms with Gasteiger partial charge in [-0.05, 0) is 52.9 Å². The van der Waals surface area contributed by atoms with Gasteiger partial charge in [0.25, 0.3) is 11.8 Å². The van der Waals surface area contributed by atoms with Crippen molar-refractivity contribution in [2.75, 3.05) is 4.90 Å². The number of rotatable bonds is 1. The Kier molecular flexibility index (Phi) is 2.85. The van der Waals surface area contributed by atoms with E-state index in [9.17, 15) is 14.0 Å². The molecule has 0 N–H and O–H groups in total. The Labute approximate surface area is 122 Å². The third-order valence-corrected chi connectivity index (χ3v) is 3.81. The molecule has 0 unspecified atom stereocenters. The van der Waals surface area contributed by atoms with E-state index in [2.05, 4.69) is 0 Å². The predicted octanol–water partition coefficient (Wildman–Crippen LogP) is 3.23. The van der Waals surface area contributed by atoms with Crippen LogP contribution in [0.2, 0.25) is 0 Å². The molecule has 2 aromatic carbocycles. The third kappa shape index (κ3) is 1.85. The number of hydrogen-bond donors (Lipinski definition) is 0. The van der Waals surface area contributed by atoms with Crippen LogP contribution in [0, 0.1) is 9.39 Å². The van der Waals surface area contributed by atoms with E-state index in [1.807, 2.05) is 22.6 Å². The standard InChI is InChI=1S/C14H7FINO2/c15-8-5-6-12(11(16)7-8)17-13(18)9-3-1-2-4-10(9)14(17)19/h1-7H. The van der Waals surface area contributed by atoms with Gasteiger partial charge in [-0.2, -0.15) is 0 Å². The third-order valence-electron chi connectivity index (χ3n) is 2.94. The van der Waals surface area contributed by atoms with Gasteiger partial charge in [-0.3, -0.25) is 9.59 Å². The number of benzene rings is 2. The molecule has 0 saturated carbocycles. The second kappa shape index (κ2) is 4.41. The Morgan fingerprint density at radius 3 is 2.05 bits per heavy atom. The van der Waals surface area contributed by atoms with Crippen LogP contribution in [0.5, 0.6) is 0 Å². The molecular formula is C14H7FINO2. The van der Waals surface area contributed by atoms with Crippen LogP contribution in [0.15, 0.2) is 42.5 Å². The summed E-state index contributed by atoms with van der Waals surface area (Å²) in [5.41, 5.74) is 1.17. The fourth-order valence-corrected chi connectivity index (χ4v) is 2.79. The molecule has 0 radical (unpaired) electrons. The van der Waals surface area contributed by atoms with Gasteiger partial charge < -0.3 is 0 Å². The molecule has 0 atom stereocenters. The number of carbonyl (C=O) groups is 2. The molecule has 3 rings (SSSR count). The number of hydrogen-bond acceptors (Lipinski definition) is 2. The van der Waals surface area contributed by atoms with E-state index in [-0.39, 0.29) is 11.8 Å².